The van der Waals surface area contributed by atoms with Crippen LogP contribution in [0.25, 0.3) is 0 Å². The Morgan fingerprint density at radius 1 is 1.20 bits per heavy atom. The molecule has 1 amide bonds. The van der Waals surface area contributed by atoms with Crippen LogP contribution in [0.2, 0.25) is 0 Å². The summed E-state index contributed by atoms with van der Waals surface area (Å²) in [5.41, 5.74) is 0.739. The van der Waals surface area contributed by atoms with E-state index in [4.69, 9.17) is 9.15 Å². The third kappa shape index (κ3) is 9.49. The van der Waals surface area contributed by atoms with Crippen molar-refractivity contribution >= 4 is 35.8 Å². The number of benzene rings is 1. The molecule has 1 aromatic carbocycles. The highest BCUT2D eigenvalue weighted by Gasteiger charge is 2.11. The van der Waals surface area contributed by atoms with Crippen LogP contribution in [0.5, 0.6) is 5.75 Å². The standard InChI is InChI=1S/C21H30N4O4.HI/c1-4-22-21(25-14-20(27)23-12-18-9-6-10-28-18)24-13-19(26)16-7-5-8-17(11-16)29-15(2)3;/h5-11,15,19,26H,4,12-14H2,1-3H3,(H,23,27)(H2,22,24,25);1H. The highest BCUT2D eigenvalue weighted by atomic mass is 127. The van der Waals surface area contributed by atoms with Crippen molar-refractivity contribution in [2.75, 3.05) is 19.6 Å². The van der Waals surface area contributed by atoms with Gasteiger partial charge in [0.05, 0.1) is 25.0 Å². The summed E-state index contributed by atoms with van der Waals surface area (Å²) in [5, 5.41) is 19.3. The fourth-order valence-corrected chi connectivity index (χ4v) is 2.53. The van der Waals surface area contributed by atoms with Crippen LogP contribution in [0.4, 0.5) is 0 Å². The lowest BCUT2D eigenvalue weighted by molar-refractivity contribution is -0.119. The fourth-order valence-electron chi connectivity index (χ4n) is 2.53. The Hall–Kier alpha value is -2.27. The maximum absolute atomic E-state index is 12.0. The second-order valence-electron chi connectivity index (χ2n) is 6.69. The summed E-state index contributed by atoms with van der Waals surface area (Å²) in [6.45, 7) is 6.99. The number of amides is 1. The van der Waals surface area contributed by atoms with Crippen molar-refractivity contribution in [3.63, 3.8) is 0 Å². The topological polar surface area (TPSA) is 108 Å². The number of carbonyl (C=O) groups excluding carboxylic acids is 1. The molecule has 8 nitrogen and oxygen atoms in total. The molecule has 2 aromatic rings. The molecule has 1 aromatic heterocycles. The molecule has 1 unspecified atom stereocenters. The van der Waals surface area contributed by atoms with Gasteiger partial charge in [-0.15, -0.1) is 24.0 Å². The van der Waals surface area contributed by atoms with Gasteiger partial charge in [-0.25, -0.2) is 4.99 Å². The number of hydrogen-bond acceptors (Lipinski definition) is 5. The molecule has 9 heteroatoms. The predicted octanol–water partition coefficient (Wildman–Crippen LogP) is 2.59. The average Bonchev–Trinajstić information content (AvgIpc) is 3.21. The van der Waals surface area contributed by atoms with Crippen LogP contribution in [-0.4, -0.2) is 42.7 Å². The summed E-state index contributed by atoms with van der Waals surface area (Å²) < 4.78 is 10.8. The van der Waals surface area contributed by atoms with E-state index in [0.717, 1.165) is 5.56 Å². The molecule has 1 heterocycles. The first kappa shape index (κ1) is 25.8. The maximum atomic E-state index is 12.0. The van der Waals surface area contributed by atoms with Gasteiger partial charge in [-0.05, 0) is 50.6 Å². The van der Waals surface area contributed by atoms with Crippen molar-refractivity contribution in [2.24, 2.45) is 4.99 Å². The summed E-state index contributed by atoms with van der Waals surface area (Å²) in [6, 6.07) is 10.9. The Kier molecular flexibility index (Phi) is 11.9. The third-order valence-corrected chi connectivity index (χ3v) is 3.84. The van der Waals surface area contributed by atoms with E-state index < -0.39 is 6.10 Å². The first-order valence-corrected chi connectivity index (χ1v) is 9.74. The summed E-state index contributed by atoms with van der Waals surface area (Å²) >= 11 is 0. The first-order valence-electron chi connectivity index (χ1n) is 9.74. The lowest BCUT2D eigenvalue weighted by Crippen LogP contribution is -2.40. The molecule has 1 atom stereocenters. The molecule has 0 aliphatic carbocycles. The largest absolute Gasteiger partial charge is 0.491 e. The second kappa shape index (κ2) is 13.9. The SMILES string of the molecule is CCNC(=NCC(=O)NCc1ccco1)NCC(O)c1cccc(OC(C)C)c1.I. The number of halogens is 1. The number of hydrogen-bond donors (Lipinski definition) is 4. The molecular weight excluding hydrogens is 499 g/mol. The van der Waals surface area contributed by atoms with Gasteiger partial charge in [-0.3, -0.25) is 4.79 Å². The van der Waals surface area contributed by atoms with Crippen LogP contribution in [0.3, 0.4) is 0 Å². The zero-order chi connectivity index (χ0) is 21.1. The van der Waals surface area contributed by atoms with Crippen molar-refractivity contribution in [2.45, 2.75) is 39.5 Å². The van der Waals surface area contributed by atoms with Crippen molar-refractivity contribution in [1.82, 2.24) is 16.0 Å². The number of carbonyl (C=O) groups is 1. The fraction of sp³-hybridized carbons (Fsp3) is 0.429. The minimum atomic E-state index is -0.748. The molecule has 30 heavy (non-hydrogen) atoms. The summed E-state index contributed by atoms with van der Waals surface area (Å²) in [5.74, 6) is 1.62. The van der Waals surface area contributed by atoms with Gasteiger partial charge in [0.2, 0.25) is 5.91 Å². The Balaban J connectivity index is 0.00000450. The van der Waals surface area contributed by atoms with Gasteiger partial charge >= 0.3 is 0 Å². The maximum Gasteiger partial charge on any atom is 0.242 e. The molecule has 0 bridgehead atoms. The van der Waals surface area contributed by atoms with Gasteiger partial charge < -0.3 is 30.2 Å². The Morgan fingerprint density at radius 3 is 2.67 bits per heavy atom. The van der Waals surface area contributed by atoms with Gasteiger partial charge in [0.25, 0.3) is 0 Å². The smallest absolute Gasteiger partial charge is 0.242 e. The lowest BCUT2D eigenvalue weighted by atomic mass is 10.1. The second-order valence-corrected chi connectivity index (χ2v) is 6.69. The minimum Gasteiger partial charge on any atom is -0.491 e. The molecule has 0 spiro atoms. The van der Waals surface area contributed by atoms with Crippen LogP contribution < -0.4 is 20.7 Å². The van der Waals surface area contributed by atoms with E-state index in [1.807, 2.05) is 45.0 Å². The first-order chi connectivity index (χ1) is 14.0. The number of ether oxygens (including phenoxy) is 1. The summed E-state index contributed by atoms with van der Waals surface area (Å²) in [7, 11) is 0. The highest BCUT2D eigenvalue weighted by molar-refractivity contribution is 14.0. The van der Waals surface area contributed by atoms with E-state index in [2.05, 4.69) is 20.9 Å². The molecule has 2 rings (SSSR count). The number of guanidine groups is 1. The quantitative estimate of drug-likeness (QED) is 0.214. The monoisotopic (exact) mass is 530 g/mol. The van der Waals surface area contributed by atoms with Crippen LogP contribution in [-0.2, 0) is 11.3 Å². The van der Waals surface area contributed by atoms with E-state index in [0.29, 0.717) is 30.6 Å². The van der Waals surface area contributed by atoms with Crippen molar-refractivity contribution in [3.05, 3.63) is 54.0 Å². The van der Waals surface area contributed by atoms with E-state index in [9.17, 15) is 9.90 Å². The van der Waals surface area contributed by atoms with E-state index >= 15 is 0 Å². The number of aliphatic hydroxyl groups excluding tert-OH is 1. The molecule has 0 aliphatic heterocycles. The number of nitrogens with one attached hydrogen (secondary N) is 3. The number of aliphatic hydroxyl groups is 1. The summed E-state index contributed by atoms with van der Waals surface area (Å²) in [6.07, 6.45) is 0.872. The van der Waals surface area contributed by atoms with E-state index in [-0.39, 0.29) is 49.1 Å². The lowest BCUT2D eigenvalue weighted by Gasteiger charge is -2.17. The normalized spacial score (nSPS) is 12.1. The molecule has 0 saturated heterocycles. The van der Waals surface area contributed by atoms with Crippen LogP contribution in [0.1, 0.15) is 38.2 Å². The average molecular weight is 530 g/mol. The summed E-state index contributed by atoms with van der Waals surface area (Å²) in [4.78, 5) is 16.2. The van der Waals surface area contributed by atoms with Crippen LogP contribution in [0.15, 0.2) is 52.1 Å². The van der Waals surface area contributed by atoms with Crippen molar-refractivity contribution < 1.29 is 19.1 Å². The number of aliphatic imine (C=N–C) groups is 1. The molecule has 0 radical (unpaired) electrons. The van der Waals surface area contributed by atoms with Crippen molar-refractivity contribution in [1.29, 1.82) is 0 Å². The van der Waals surface area contributed by atoms with E-state index in [1.165, 1.54) is 0 Å². The van der Waals surface area contributed by atoms with Crippen LogP contribution >= 0.6 is 24.0 Å². The molecule has 0 saturated carbocycles. The van der Waals surface area contributed by atoms with Crippen LogP contribution in [0, 0.1) is 0 Å². The highest BCUT2D eigenvalue weighted by Crippen LogP contribution is 2.19. The number of rotatable bonds is 10. The Bertz CT molecular complexity index is 781. The van der Waals surface area contributed by atoms with Gasteiger partial charge in [0.15, 0.2) is 5.96 Å². The van der Waals surface area contributed by atoms with Gasteiger partial charge in [0.1, 0.15) is 18.1 Å². The molecule has 166 valence electrons. The van der Waals surface area contributed by atoms with Gasteiger partial charge in [0, 0.05) is 13.1 Å². The van der Waals surface area contributed by atoms with E-state index in [1.54, 1.807) is 18.4 Å². The Labute approximate surface area is 194 Å². The van der Waals surface area contributed by atoms with Gasteiger partial charge in [-0.2, -0.15) is 0 Å². The third-order valence-electron chi connectivity index (χ3n) is 3.84. The number of furan rings is 1. The molecule has 0 fully saturated rings. The number of nitrogens with zero attached hydrogens (tertiary/aromatic N) is 1. The Morgan fingerprint density at radius 2 is 2.00 bits per heavy atom. The molecular formula is C21H31IN4O4. The predicted molar refractivity (Wildman–Crippen MR) is 127 cm³/mol. The molecule has 4 N–H and O–H groups in total. The zero-order valence-corrected chi connectivity index (χ0v) is 19.9. The van der Waals surface area contributed by atoms with Gasteiger partial charge in [-0.1, -0.05) is 12.1 Å². The van der Waals surface area contributed by atoms with Crippen molar-refractivity contribution in [3.8, 4) is 5.75 Å². The zero-order valence-electron chi connectivity index (χ0n) is 17.6. The minimum absolute atomic E-state index is 0. The molecule has 0 aliphatic rings.